The summed E-state index contributed by atoms with van der Waals surface area (Å²) in [4.78, 5) is 32.9. The van der Waals surface area contributed by atoms with Crippen molar-refractivity contribution in [1.82, 2.24) is 14.7 Å². The highest BCUT2D eigenvalue weighted by Gasteiger charge is 2.35. The maximum absolute atomic E-state index is 13.3. The predicted octanol–water partition coefficient (Wildman–Crippen LogP) is 3.81. The molecule has 1 unspecified atom stereocenters. The molecule has 0 aliphatic carbocycles. The van der Waals surface area contributed by atoms with Crippen LogP contribution in [0.2, 0.25) is 0 Å². The third-order valence-electron chi connectivity index (χ3n) is 7.57. The second-order valence-electron chi connectivity index (χ2n) is 9.58. The molecular weight excluding hydrogens is 420 g/mol. The molecule has 172 valence electrons. The lowest BCUT2D eigenvalue weighted by molar-refractivity contribution is -0.138. The number of carbonyl (C=O) groups excluding carboxylic acids is 2. The number of anilines is 1. The largest absolute Gasteiger partial charge is 0.390 e. The van der Waals surface area contributed by atoms with E-state index in [1.807, 2.05) is 29.2 Å². The zero-order valence-corrected chi connectivity index (χ0v) is 19.6. The minimum atomic E-state index is 0.0650. The van der Waals surface area contributed by atoms with Crippen LogP contribution in [0.5, 0.6) is 0 Å². The lowest BCUT2D eigenvalue weighted by Gasteiger charge is -2.43. The van der Waals surface area contributed by atoms with Crippen molar-refractivity contribution in [2.75, 3.05) is 45.0 Å². The number of nitrogens with two attached hydrogens (primary N) is 1. The monoisotopic (exact) mass is 454 g/mol. The molecule has 2 N–H and O–H groups in total. The van der Waals surface area contributed by atoms with Crippen LogP contribution in [-0.2, 0) is 4.79 Å². The Hall–Kier alpha value is -2.12. The van der Waals surface area contributed by atoms with Crippen molar-refractivity contribution in [2.45, 2.75) is 51.0 Å². The lowest BCUT2D eigenvalue weighted by atomic mass is 9.92. The molecule has 0 bridgehead atoms. The Morgan fingerprint density at radius 1 is 0.875 bits per heavy atom. The highest BCUT2D eigenvalue weighted by atomic mass is 32.1. The first kappa shape index (κ1) is 21.7. The molecule has 0 spiro atoms. The summed E-state index contributed by atoms with van der Waals surface area (Å²) in [6, 6.07) is 8.44. The number of piperidine rings is 3. The van der Waals surface area contributed by atoms with E-state index in [4.69, 9.17) is 5.73 Å². The van der Waals surface area contributed by atoms with E-state index in [2.05, 4.69) is 9.80 Å². The van der Waals surface area contributed by atoms with Gasteiger partial charge >= 0.3 is 0 Å². The Morgan fingerprint density at radius 2 is 1.62 bits per heavy atom. The molecule has 3 saturated heterocycles. The molecule has 2 amide bonds. The standard InChI is InChI=1S/C25H34N4O2S/c26-23-22(20-8-2-3-9-21(20)32-23)25(31)28-15-10-19(11-16-28)29-14-6-7-18(17-29)24(30)27-12-4-1-5-13-27/h2-3,8-9,18-19H,1,4-7,10-17,26H2. The van der Waals surface area contributed by atoms with Crippen LogP contribution < -0.4 is 5.73 Å². The summed E-state index contributed by atoms with van der Waals surface area (Å²) < 4.78 is 1.07. The van der Waals surface area contributed by atoms with E-state index >= 15 is 0 Å². The fraction of sp³-hybridized carbons (Fsp3) is 0.600. The van der Waals surface area contributed by atoms with Gasteiger partial charge in [-0.15, -0.1) is 11.3 Å². The number of hydrogen-bond donors (Lipinski definition) is 1. The van der Waals surface area contributed by atoms with Gasteiger partial charge in [-0.1, -0.05) is 18.2 Å². The summed E-state index contributed by atoms with van der Waals surface area (Å²) in [5, 5.41) is 1.59. The average Bonchev–Trinajstić information content (AvgIpc) is 3.19. The van der Waals surface area contributed by atoms with Gasteiger partial charge in [0.2, 0.25) is 5.91 Å². The molecule has 32 heavy (non-hydrogen) atoms. The van der Waals surface area contributed by atoms with Crippen molar-refractivity contribution in [3.05, 3.63) is 29.8 Å². The Labute approximate surface area is 194 Å². The van der Waals surface area contributed by atoms with Gasteiger partial charge in [0.25, 0.3) is 5.91 Å². The number of likely N-dealkylation sites (tertiary alicyclic amines) is 3. The third-order valence-corrected chi connectivity index (χ3v) is 8.57. The molecule has 4 heterocycles. The van der Waals surface area contributed by atoms with Crippen molar-refractivity contribution in [3.8, 4) is 0 Å². The number of hydrogen-bond acceptors (Lipinski definition) is 5. The van der Waals surface area contributed by atoms with Gasteiger partial charge in [0.05, 0.1) is 16.5 Å². The zero-order valence-electron chi connectivity index (χ0n) is 18.8. The van der Waals surface area contributed by atoms with Gasteiger partial charge in [-0.2, -0.15) is 0 Å². The molecule has 1 atom stereocenters. The number of amides is 2. The van der Waals surface area contributed by atoms with Gasteiger partial charge < -0.3 is 15.5 Å². The maximum Gasteiger partial charge on any atom is 0.257 e. The fourth-order valence-corrected chi connectivity index (χ4v) is 6.75. The fourth-order valence-electron chi connectivity index (χ4n) is 5.79. The molecule has 3 fully saturated rings. The van der Waals surface area contributed by atoms with Crippen LogP contribution in [-0.4, -0.2) is 71.8 Å². The average molecular weight is 455 g/mol. The first-order valence-electron chi connectivity index (χ1n) is 12.2. The molecule has 3 aliphatic heterocycles. The van der Waals surface area contributed by atoms with E-state index in [0.717, 1.165) is 87.9 Å². The van der Waals surface area contributed by atoms with Crippen molar-refractivity contribution in [2.24, 2.45) is 5.92 Å². The molecular formula is C25H34N4O2S. The second-order valence-corrected chi connectivity index (χ2v) is 10.7. The second kappa shape index (κ2) is 9.40. The first-order valence-corrected chi connectivity index (χ1v) is 13.0. The topological polar surface area (TPSA) is 69.9 Å². The van der Waals surface area contributed by atoms with Gasteiger partial charge in [0, 0.05) is 48.9 Å². The Bertz CT molecular complexity index is 975. The minimum Gasteiger partial charge on any atom is -0.390 e. The molecule has 3 aliphatic rings. The van der Waals surface area contributed by atoms with Crippen LogP contribution in [0.25, 0.3) is 10.1 Å². The van der Waals surface area contributed by atoms with Gasteiger partial charge in [-0.05, 0) is 57.6 Å². The summed E-state index contributed by atoms with van der Waals surface area (Å²) in [5.74, 6) is 0.593. The quantitative estimate of drug-likeness (QED) is 0.766. The van der Waals surface area contributed by atoms with E-state index in [9.17, 15) is 9.59 Å². The van der Waals surface area contributed by atoms with Crippen molar-refractivity contribution < 1.29 is 9.59 Å². The van der Waals surface area contributed by atoms with Gasteiger partial charge in [0.1, 0.15) is 0 Å². The highest BCUT2D eigenvalue weighted by Crippen LogP contribution is 2.35. The number of nitrogens with zero attached hydrogens (tertiary/aromatic N) is 3. The molecule has 0 radical (unpaired) electrons. The first-order chi connectivity index (χ1) is 15.6. The van der Waals surface area contributed by atoms with E-state index < -0.39 is 0 Å². The van der Waals surface area contributed by atoms with E-state index in [0.29, 0.717) is 22.5 Å². The third kappa shape index (κ3) is 4.25. The Morgan fingerprint density at radius 3 is 2.41 bits per heavy atom. The molecule has 5 rings (SSSR count). The van der Waals surface area contributed by atoms with Crippen LogP contribution in [0.3, 0.4) is 0 Å². The number of carbonyl (C=O) groups is 2. The van der Waals surface area contributed by atoms with Crippen LogP contribution in [0, 0.1) is 5.92 Å². The SMILES string of the molecule is Nc1sc2ccccc2c1C(=O)N1CCC(N2CCCC(C(=O)N3CCCCC3)C2)CC1. The Balaban J connectivity index is 1.19. The van der Waals surface area contributed by atoms with Gasteiger partial charge in [-0.25, -0.2) is 0 Å². The molecule has 6 nitrogen and oxygen atoms in total. The van der Waals surface area contributed by atoms with Crippen molar-refractivity contribution in [1.29, 1.82) is 0 Å². The lowest BCUT2D eigenvalue weighted by Crippen LogP contribution is -2.52. The minimum absolute atomic E-state index is 0.0650. The molecule has 1 aromatic heterocycles. The molecule has 7 heteroatoms. The predicted molar refractivity (Wildman–Crippen MR) is 130 cm³/mol. The van der Waals surface area contributed by atoms with Crippen LogP contribution in [0.15, 0.2) is 24.3 Å². The number of thiophene rings is 1. The maximum atomic E-state index is 13.3. The summed E-state index contributed by atoms with van der Waals surface area (Å²) >= 11 is 1.50. The van der Waals surface area contributed by atoms with Crippen LogP contribution in [0.1, 0.15) is 55.3 Å². The smallest absolute Gasteiger partial charge is 0.257 e. The number of nitrogen functional groups attached to an aromatic ring is 1. The van der Waals surface area contributed by atoms with Crippen LogP contribution in [0.4, 0.5) is 5.00 Å². The number of rotatable bonds is 3. The molecule has 0 saturated carbocycles. The zero-order chi connectivity index (χ0) is 22.1. The normalized spacial score (nSPS) is 23.6. The number of fused-ring (bicyclic) bond motifs is 1. The summed E-state index contributed by atoms with van der Waals surface area (Å²) in [7, 11) is 0. The van der Waals surface area contributed by atoms with Crippen molar-refractivity contribution in [3.63, 3.8) is 0 Å². The summed E-state index contributed by atoms with van der Waals surface area (Å²) in [6.45, 7) is 5.36. The van der Waals surface area contributed by atoms with E-state index in [1.54, 1.807) is 0 Å². The van der Waals surface area contributed by atoms with Gasteiger partial charge in [0.15, 0.2) is 0 Å². The highest BCUT2D eigenvalue weighted by molar-refractivity contribution is 7.23. The van der Waals surface area contributed by atoms with E-state index in [1.165, 1.54) is 17.8 Å². The Kier molecular flexibility index (Phi) is 6.37. The van der Waals surface area contributed by atoms with E-state index in [-0.39, 0.29) is 11.8 Å². The summed E-state index contributed by atoms with van der Waals surface area (Å²) in [5.41, 5.74) is 6.91. The van der Waals surface area contributed by atoms with Crippen molar-refractivity contribution >= 4 is 38.2 Å². The summed E-state index contributed by atoms with van der Waals surface area (Å²) in [6.07, 6.45) is 7.62. The van der Waals surface area contributed by atoms with Crippen LogP contribution >= 0.6 is 11.3 Å². The molecule has 2 aromatic rings. The molecule has 1 aromatic carbocycles. The van der Waals surface area contributed by atoms with Gasteiger partial charge in [-0.3, -0.25) is 14.5 Å². The number of benzene rings is 1.